The first-order valence-electron chi connectivity index (χ1n) is 11.7. The van der Waals surface area contributed by atoms with E-state index < -0.39 is 16.1 Å². The number of amides is 1. The molecule has 1 N–H and O–H groups in total. The fourth-order valence-corrected chi connectivity index (χ4v) is 5.42. The lowest BCUT2D eigenvalue weighted by Gasteiger charge is -2.26. The molecule has 3 atom stereocenters. The van der Waals surface area contributed by atoms with Crippen molar-refractivity contribution in [3.05, 3.63) is 65.7 Å². The van der Waals surface area contributed by atoms with E-state index in [0.29, 0.717) is 36.1 Å². The van der Waals surface area contributed by atoms with Gasteiger partial charge >= 0.3 is 5.97 Å². The number of rotatable bonds is 10. The third-order valence-electron chi connectivity index (χ3n) is 6.05. The predicted molar refractivity (Wildman–Crippen MR) is 136 cm³/mol. The molecular formula is C27H32N2O5S. The Morgan fingerprint density at radius 2 is 1.91 bits per heavy atom. The molecule has 0 unspecified atom stereocenters. The molecule has 0 aromatic heterocycles. The van der Waals surface area contributed by atoms with Crippen LogP contribution in [0.15, 0.2) is 54.6 Å². The zero-order valence-electron chi connectivity index (χ0n) is 20.3. The lowest BCUT2D eigenvalue weighted by molar-refractivity contribution is -0.145. The number of cyclic esters (lactones) is 1. The number of carbonyl (C=O) groups is 2. The fraction of sp³-hybridized carbons (Fsp3) is 0.407. The van der Waals surface area contributed by atoms with Crippen molar-refractivity contribution in [3.8, 4) is 12.3 Å². The second-order valence-electron chi connectivity index (χ2n) is 9.29. The molecule has 8 heteroatoms. The van der Waals surface area contributed by atoms with Gasteiger partial charge in [-0.3, -0.25) is 13.9 Å². The van der Waals surface area contributed by atoms with Gasteiger partial charge in [-0.05, 0) is 36.1 Å². The maximum atomic E-state index is 13.1. The molecule has 1 aliphatic heterocycles. The van der Waals surface area contributed by atoms with E-state index in [0.717, 1.165) is 0 Å². The van der Waals surface area contributed by atoms with Crippen LogP contribution < -0.4 is 9.62 Å². The van der Waals surface area contributed by atoms with Crippen LogP contribution in [0, 0.1) is 24.2 Å². The van der Waals surface area contributed by atoms with E-state index >= 15 is 0 Å². The Morgan fingerprint density at radius 3 is 2.57 bits per heavy atom. The number of ether oxygens (including phenoxy) is 1. The summed E-state index contributed by atoms with van der Waals surface area (Å²) in [7, 11) is -2.18. The molecule has 0 saturated carbocycles. The molecule has 2 aromatic rings. The van der Waals surface area contributed by atoms with Gasteiger partial charge in [-0.1, -0.05) is 50.2 Å². The van der Waals surface area contributed by atoms with Crippen LogP contribution in [0.2, 0.25) is 0 Å². The topological polar surface area (TPSA) is 92.8 Å². The van der Waals surface area contributed by atoms with E-state index in [1.165, 1.54) is 11.4 Å². The Labute approximate surface area is 207 Å². The van der Waals surface area contributed by atoms with E-state index in [2.05, 4.69) is 11.2 Å². The number of terminal acetylenes is 1. The maximum Gasteiger partial charge on any atom is 0.310 e. The van der Waals surface area contributed by atoms with Crippen molar-refractivity contribution < 1.29 is 22.7 Å². The molecule has 0 radical (unpaired) electrons. The quantitative estimate of drug-likeness (QED) is 0.399. The Bertz CT molecular complexity index is 1190. The first-order valence-corrected chi connectivity index (χ1v) is 13.3. The molecule has 1 aliphatic rings. The Kier molecular flexibility index (Phi) is 8.57. The van der Waals surface area contributed by atoms with Gasteiger partial charge in [-0.25, -0.2) is 8.42 Å². The lowest BCUT2D eigenvalue weighted by Crippen LogP contribution is -2.44. The van der Waals surface area contributed by atoms with Gasteiger partial charge in [0.05, 0.1) is 23.4 Å². The summed E-state index contributed by atoms with van der Waals surface area (Å²) in [6, 6.07) is 15.0. The number of nitrogens with zero attached hydrogens (tertiary/aromatic N) is 1. The largest absolute Gasteiger partial charge is 0.460 e. The highest BCUT2D eigenvalue weighted by Crippen LogP contribution is 2.28. The smallest absolute Gasteiger partial charge is 0.310 e. The molecule has 7 nitrogen and oxygen atoms in total. The van der Waals surface area contributed by atoms with Gasteiger partial charge in [-0.15, -0.1) is 12.3 Å². The van der Waals surface area contributed by atoms with E-state index in [1.807, 2.05) is 19.9 Å². The summed E-state index contributed by atoms with van der Waals surface area (Å²) in [5, 5.41) is 3.00. The molecule has 0 spiro atoms. The van der Waals surface area contributed by atoms with Crippen molar-refractivity contribution in [2.75, 3.05) is 11.4 Å². The van der Waals surface area contributed by atoms with Crippen LogP contribution >= 0.6 is 0 Å². The highest BCUT2D eigenvalue weighted by molar-refractivity contribution is 7.92. The van der Waals surface area contributed by atoms with Crippen molar-refractivity contribution in [2.45, 2.75) is 51.0 Å². The van der Waals surface area contributed by atoms with E-state index in [-0.39, 0.29) is 35.5 Å². The molecule has 1 fully saturated rings. The molecule has 1 saturated heterocycles. The monoisotopic (exact) mass is 496 g/mol. The molecule has 3 rings (SSSR count). The SMILES string of the molecule is C#CC[C@@H]1C[C@H]([C@H](CC(C)C)NC(=O)c2cccc(N(C)S(=O)(=O)Cc3ccccc3)c2)OC1=O. The average Bonchev–Trinajstić information content (AvgIpc) is 3.18. The first-order chi connectivity index (χ1) is 16.6. The maximum absolute atomic E-state index is 13.1. The van der Waals surface area contributed by atoms with Crippen LogP contribution in [-0.2, 0) is 25.3 Å². The molecule has 186 valence electrons. The van der Waals surface area contributed by atoms with Gasteiger partial charge in [0.15, 0.2) is 0 Å². The van der Waals surface area contributed by atoms with Crippen molar-refractivity contribution in [2.24, 2.45) is 11.8 Å². The van der Waals surface area contributed by atoms with Crippen molar-refractivity contribution >= 4 is 27.6 Å². The molecule has 0 aliphatic carbocycles. The number of sulfonamides is 1. The number of carbonyl (C=O) groups excluding carboxylic acids is 2. The van der Waals surface area contributed by atoms with Crippen molar-refractivity contribution in [1.29, 1.82) is 0 Å². The van der Waals surface area contributed by atoms with Gasteiger partial charge in [0, 0.05) is 25.5 Å². The minimum absolute atomic E-state index is 0.150. The van der Waals surface area contributed by atoms with Crippen LogP contribution in [0.3, 0.4) is 0 Å². The fourth-order valence-electron chi connectivity index (χ4n) is 4.17. The summed E-state index contributed by atoms with van der Waals surface area (Å²) >= 11 is 0. The van der Waals surface area contributed by atoms with E-state index in [9.17, 15) is 18.0 Å². The second kappa shape index (κ2) is 11.4. The summed E-state index contributed by atoms with van der Waals surface area (Å²) in [6.07, 6.45) is 6.30. The summed E-state index contributed by atoms with van der Waals surface area (Å²) in [4.78, 5) is 25.3. The molecule has 2 aromatic carbocycles. The molecule has 1 heterocycles. The van der Waals surface area contributed by atoms with Crippen LogP contribution in [0.4, 0.5) is 5.69 Å². The van der Waals surface area contributed by atoms with Gasteiger partial charge in [0.25, 0.3) is 5.91 Å². The highest BCUT2D eigenvalue weighted by atomic mass is 32.2. The van der Waals surface area contributed by atoms with Crippen LogP contribution in [0.5, 0.6) is 0 Å². The number of esters is 1. The minimum atomic E-state index is -3.65. The summed E-state index contributed by atoms with van der Waals surface area (Å²) in [6.45, 7) is 4.06. The molecule has 35 heavy (non-hydrogen) atoms. The number of hydrogen-bond acceptors (Lipinski definition) is 5. The summed E-state index contributed by atoms with van der Waals surface area (Å²) in [5.41, 5.74) is 1.39. The summed E-state index contributed by atoms with van der Waals surface area (Å²) in [5.74, 6) is 1.57. The van der Waals surface area contributed by atoms with Gasteiger partial charge < -0.3 is 10.1 Å². The zero-order chi connectivity index (χ0) is 25.6. The molecule has 0 bridgehead atoms. The van der Waals surface area contributed by atoms with Crippen molar-refractivity contribution in [3.63, 3.8) is 0 Å². The van der Waals surface area contributed by atoms with Crippen LogP contribution in [-0.4, -0.2) is 39.5 Å². The Balaban J connectivity index is 1.75. The average molecular weight is 497 g/mol. The predicted octanol–water partition coefficient (Wildman–Crippen LogP) is 3.75. The van der Waals surface area contributed by atoms with Crippen LogP contribution in [0.1, 0.15) is 49.0 Å². The molecule has 1 amide bonds. The first kappa shape index (κ1) is 26.3. The standard InChI is InChI=1S/C27H32N2O5S/c1-5-10-22-17-25(34-27(22)31)24(15-19(2)3)28-26(30)21-13-9-14-23(16-21)29(4)35(32,33)18-20-11-7-6-8-12-20/h1,6-9,11-14,16,19,22,24-25H,10,15,17-18H2,2-4H3,(H,28,30)/t22-,24+,25-/m1/s1. The van der Waals surface area contributed by atoms with Gasteiger partial charge in [-0.2, -0.15) is 0 Å². The third kappa shape index (κ3) is 6.86. The molecular weight excluding hydrogens is 464 g/mol. The summed E-state index contributed by atoms with van der Waals surface area (Å²) < 4.78 is 32.6. The number of hydrogen-bond donors (Lipinski definition) is 1. The van der Waals surface area contributed by atoms with Crippen LogP contribution in [0.25, 0.3) is 0 Å². The number of anilines is 1. The van der Waals surface area contributed by atoms with Crippen molar-refractivity contribution in [1.82, 2.24) is 5.32 Å². The normalized spacial score (nSPS) is 18.5. The second-order valence-corrected chi connectivity index (χ2v) is 11.3. The Morgan fingerprint density at radius 1 is 1.20 bits per heavy atom. The van der Waals surface area contributed by atoms with Gasteiger partial charge in [0.1, 0.15) is 6.10 Å². The Hall–Kier alpha value is -3.31. The number of benzene rings is 2. The lowest BCUT2D eigenvalue weighted by atomic mass is 9.93. The van der Waals surface area contributed by atoms with E-state index in [1.54, 1.807) is 48.5 Å². The van der Waals surface area contributed by atoms with Gasteiger partial charge in [0.2, 0.25) is 10.0 Å². The number of nitrogens with one attached hydrogen (secondary N) is 1. The van der Waals surface area contributed by atoms with E-state index in [4.69, 9.17) is 11.2 Å². The minimum Gasteiger partial charge on any atom is -0.460 e. The zero-order valence-corrected chi connectivity index (χ0v) is 21.1. The third-order valence-corrected chi connectivity index (χ3v) is 7.80. The highest BCUT2D eigenvalue weighted by Gasteiger charge is 2.39.